The standard InChI is InChI=1S/C13H10ClN3O/c14-9-5-7(1-4-12(9)18)13-16-10-3-2-8(15)6-11(10)17-13/h1-6,18H,15H2,(H,16,17). The zero-order valence-electron chi connectivity index (χ0n) is 9.31. The molecule has 0 spiro atoms. The Bertz CT molecular complexity index is 736. The Hall–Kier alpha value is -2.20. The maximum absolute atomic E-state index is 9.39. The lowest BCUT2D eigenvalue weighted by Gasteiger charge is -1.99. The molecular formula is C13H10ClN3O. The molecule has 0 amide bonds. The van der Waals surface area contributed by atoms with Gasteiger partial charge in [0.05, 0.1) is 16.1 Å². The lowest BCUT2D eigenvalue weighted by atomic mass is 10.2. The summed E-state index contributed by atoms with van der Waals surface area (Å²) in [4.78, 5) is 7.61. The van der Waals surface area contributed by atoms with Crippen LogP contribution < -0.4 is 5.73 Å². The van der Waals surface area contributed by atoms with Crippen LogP contribution in [-0.4, -0.2) is 15.1 Å². The number of aromatic amines is 1. The molecule has 4 nitrogen and oxygen atoms in total. The third-order valence-electron chi connectivity index (χ3n) is 2.73. The zero-order chi connectivity index (χ0) is 12.7. The van der Waals surface area contributed by atoms with Crippen molar-refractivity contribution >= 4 is 28.3 Å². The van der Waals surface area contributed by atoms with E-state index in [0.717, 1.165) is 16.6 Å². The van der Waals surface area contributed by atoms with Gasteiger partial charge in [0.15, 0.2) is 0 Å². The van der Waals surface area contributed by atoms with E-state index < -0.39 is 0 Å². The van der Waals surface area contributed by atoms with Crippen LogP contribution >= 0.6 is 11.6 Å². The molecule has 2 aromatic carbocycles. The van der Waals surface area contributed by atoms with E-state index in [0.29, 0.717) is 16.5 Å². The number of anilines is 1. The van der Waals surface area contributed by atoms with E-state index >= 15 is 0 Å². The van der Waals surface area contributed by atoms with Gasteiger partial charge in [-0.2, -0.15) is 0 Å². The lowest BCUT2D eigenvalue weighted by molar-refractivity contribution is 0.475. The van der Waals surface area contributed by atoms with Gasteiger partial charge >= 0.3 is 0 Å². The highest BCUT2D eigenvalue weighted by molar-refractivity contribution is 6.32. The van der Waals surface area contributed by atoms with E-state index in [1.165, 1.54) is 0 Å². The van der Waals surface area contributed by atoms with E-state index in [1.807, 2.05) is 12.1 Å². The number of hydrogen-bond acceptors (Lipinski definition) is 3. The SMILES string of the molecule is Nc1ccc2nc(-c3ccc(O)c(Cl)c3)[nH]c2c1. The number of aromatic nitrogens is 2. The summed E-state index contributed by atoms with van der Waals surface area (Å²) in [5, 5.41) is 9.69. The first-order valence-corrected chi connectivity index (χ1v) is 5.75. The highest BCUT2D eigenvalue weighted by Crippen LogP contribution is 2.29. The van der Waals surface area contributed by atoms with Crippen LogP contribution in [0.3, 0.4) is 0 Å². The van der Waals surface area contributed by atoms with Crippen molar-refractivity contribution in [2.24, 2.45) is 0 Å². The van der Waals surface area contributed by atoms with Crippen molar-refractivity contribution in [1.29, 1.82) is 0 Å². The summed E-state index contributed by atoms with van der Waals surface area (Å²) in [5.41, 5.74) is 8.91. The first-order chi connectivity index (χ1) is 8.63. The Morgan fingerprint density at radius 3 is 2.78 bits per heavy atom. The van der Waals surface area contributed by atoms with Gasteiger partial charge in [0, 0.05) is 11.3 Å². The van der Waals surface area contributed by atoms with Crippen LogP contribution in [0.4, 0.5) is 5.69 Å². The second-order valence-electron chi connectivity index (χ2n) is 4.03. The fourth-order valence-corrected chi connectivity index (χ4v) is 2.00. The van der Waals surface area contributed by atoms with Crippen molar-refractivity contribution in [3.63, 3.8) is 0 Å². The van der Waals surface area contributed by atoms with Crippen molar-refractivity contribution in [3.05, 3.63) is 41.4 Å². The normalized spacial score (nSPS) is 10.9. The molecule has 0 atom stereocenters. The summed E-state index contributed by atoms with van der Waals surface area (Å²) in [6.45, 7) is 0. The summed E-state index contributed by atoms with van der Waals surface area (Å²) < 4.78 is 0. The number of rotatable bonds is 1. The van der Waals surface area contributed by atoms with Gasteiger partial charge in [0.1, 0.15) is 11.6 Å². The maximum Gasteiger partial charge on any atom is 0.138 e. The lowest BCUT2D eigenvalue weighted by Crippen LogP contribution is -1.82. The minimum Gasteiger partial charge on any atom is -0.506 e. The number of benzene rings is 2. The molecule has 3 rings (SSSR count). The van der Waals surface area contributed by atoms with E-state index in [2.05, 4.69) is 9.97 Å². The van der Waals surface area contributed by atoms with Crippen LogP contribution in [0, 0.1) is 0 Å². The largest absolute Gasteiger partial charge is 0.506 e. The number of fused-ring (bicyclic) bond motifs is 1. The highest BCUT2D eigenvalue weighted by Gasteiger charge is 2.07. The number of phenolic OH excluding ortho intramolecular Hbond substituents is 1. The average molecular weight is 260 g/mol. The predicted octanol–water partition coefficient (Wildman–Crippen LogP) is 3.17. The van der Waals surface area contributed by atoms with Crippen molar-refractivity contribution in [2.45, 2.75) is 0 Å². The highest BCUT2D eigenvalue weighted by atomic mass is 35.5. The molecule has 0 unspecified atom stereocenters. The molecule has 0 aliphatic carbocycles. The van der Waals surface area contributed by atoms with Crippen LogP contribution in [-0.2, 0) is 0 Å². The molecule has 1 heterocycles. The fourth-order valence-electron chi connectivity index (χ4n) is 1.82. The van der Waals surface area contributed by atoms with Gasteiger partial charge < -0.3 is 15.8 Å². The van der Waals surface area contributed by atoms with Crippen molar-refractivity contribution in [2.75, 3.05) is 5.73 Å². The number of nitrogen functional groups attached to an aromatic ring is 1. The van der Waals surface area contributed by atoms with E-state index in [9.17, 15) is 5.11 Å². The number of imidazole rings is 1. The van der Waals surface area contributed by atoms with Crippen LogP contribution in [0.25, 0.3) is 22.4 Å². The molecule has 18 heavy (non-hydrogen) atoms. The zero-order valence-corrected chi connectivity index (χ0v) is 10.1. The predicted molar refractivity (Wildman–Crippen MR) is 72.6 cm³/mol. The summed E-state index contributed by atoms with van der Waals surface area (Å²) in [6, 6.07) is 10.4. The molecule has 3 aromatic rings. The molecular weight excluding hydrogens is 250 g/mol. The smallest absolute Gasteiger partial charge is 0.138 e. The molecule has 0 radical (unpaired) electrons. The molecule has 5 heteroatoms. The Labute approximate surface area is 108 Å². The van der Waals surface area contributed by atoms with Crippen molar-refractivity contribution in [1.82, 2.24) is 9.97 Å². The Balaban J connectivity index is 2.16. The Morgan fingerprint density at radius 2 is 2.00 bits per heavy atom. The third-order valence-corrected chi connectivity index (χ3v) is 3.03. The minimum absolute atomic E-state index is 0.0563. The summed E-state index contributed by atoms with van der Waals surface area (Å²) in [7, 11) is 0. The average Bonchev–Trinajstić information content (AvgIpc) is 2.75. The summed E-state index contributed by atoms with van der Waals surface area (Å²) >= 11 is 5.88. The number of hydrogen-bond donors (Lipinski definition) is 3. The van der Waals surface area contributed by atoms with Crippen molar-refractivity contribution in [3.8, 4) is 17.1 Å². The van der Waals surface area contributed by atoms with Gasteiger partial charge in [0.25, 0.3) is 0 Å². The van der Waals surface area contributed by atoms with Crippen LogP contribution in [0.1, 0.15) is 0 Å². The molecule has 0 bridgehead atoms. The van der Waals surface area contributed by atoms with Gasteiger partial charge in [-0.15, -0.1) is 0 Å². The van der Waals surface area contributed by atoms with E-state index in [4.69, 9.17) is 17.3 Å². The number of halogens is 1. The third kappa shape index (κ3) is 1.76. The molecule has 1 aromatic heterocycles. The number of nitrogens with zero attached hydrogens (tertiary/aromatic N) is 1. The summed E-state index contributed by atoms with van der Waals surface area (Å²) in [5.74, 6) is 0.748. The first-order valence-electron chi connectivity index (χ1n) is 5.37. The van der Waals surface area contributed by atoms with Crippen molar-refractivity contribution < 1.29 is 5.11 Å². The van der Waals surface area contributed by atoms with Gasteiger partial charge in [-0.1, -0.05) is 11.6 Å². The number of H-pyrrole nitrogens is 1. The molecule has 4 N–H and O–H groups in total. The quantitative estimate of drug-likeness (QED) is 0.588. The van der Waals surface area contributed by atoms with Gasteiger partial charge in [0.2, 0.25) is 0 Å². The second kappa shape index (κ2) is 3.92. The number of nitrogens with one attached hydrogen (secondary N) is 1. The molecule has 0 aliphatic rings. The first kappa shape index (κ1) is 10.9. The molecule has 0 saturated carbocycles. The monoisotopic (exact) mass is 259 g/mol. The van der Waals surface area contributed by atoms with E-state index in [-0.39, 0.29) is 5.75 Å². The van der Waals surface area contributed by atoms with Gasteiger partial charge in [-0.05, 0) is 36.4 Å². The molecule has 0 fully saturated rings. The molecule has 0 saturated heterocycles. The van der Waals surface area contributed by atoms with E-state index in [1.54, 1.807) is 24.3 Å². The fraction of sp³-hybridized carbons (Fsp3) is 0. The molecule has 90 valence electrons. The minimum atomic E-state index is 0.0563. The number of nitrogens with two attached hydrogens (primary N) is 1. The number of phenols is 1. The van der Waals surface area contributed by atoms with Crippen LogP contribution in [0.15, 0.2) is 36.4 Å². The number of aromatic hydroxyl groups is 1. The van der Waals surface area contributed by atoms with Crippen LogP contribution in [0.5, 0.6) is 5.75 Å². The maximum atomic E-state index is 9.39. The topological polar surface area (TPSA) is 74.9 Å². The second-order valence-corrected chi connectivity index (χ2v) is 4.44. The molecule has 0 aliphatic heterocycles. The summed E-state index contributed by atoms with van der Waals surface area (Å²) in [6.07, 6.45) is 0. The van der Waals surface area contributed by atoms with Gasteiger partial charge in [-0.25, -0.2) is 4.98 Å². The Kier molecular flexibility index (Phi) is 2.38. The van der Waals surface area contributed by atoms with Crippen LogP contribution in [0.2, 0.25) is 5.02 Å². The Morgan fingerprint density at radius 1 is 1.17 bits per heavy atom. The van der Waals surface area contributed by atoms with Gasteiger partial charge in [-0.3, -0.25) is 0 Å².